The lowest BCUT2D eigenvalue weighted by Crippen LogP contribution is -2.53. The van der Waals surface area contributed by atoms with Gasteiger partial charge in [0.1, 0.15) is 22.8 Å². The number of hydrogen-bond acceptors (Lipinski definition) is 8. The Balaban J connectivity index is 1.57. The van der Waals surface area contributed by atoms with Crippen LogP contribution in [0.5, 0.6) is 5.75 Å². The zero-order chi connectivity index (χ0) is 26.8. The molecule has 0 aromatic heterocycles. The molecule has 4 aliphatic rings. The Morgan fingerprint density at radius 1 is 1.11 bits per heavy atom. The highest BCUT2D eigenvalue weighted by molar-refractivity contribution is 6.22. The Hall–Kier alpha value is -3.17. The first kappa shape index (κ1) is 25.5. The lowest BCUT2D eigenvalue weighted by atomic mass is 9.60. The van der Waals surface area contributed by atoms with Gasteiger partial charge in [0, 0.05) is 12.1 Å². The summed E-state index contributed by atoms with van der Waals surface area (Å²) in [5.74, 6) is -4.64. The third-order valence-electron chi connectivity index (χ3n) is 8.82. The number of carbonyl (C=O) groups excluding carboxylic acids is 3. The molecule has 1 heterocycles. The zero-order valence-corrected chi connectivity index (χ0v) is 21.5. The number of likely N-dealkylation sites (N-methyl/N-ethyl adjacent to an activating group) is 1. The fourth-order valence-corrected chi connectivity index (χ4v) is 6.94. The smallest absolute Gasteiger partial charge is 0.255 e. The first-order valence-electron chi connectivity index (χ1n) is 13.0. The molecule has 1 aromatic carbocycles. The number of aromatic hydroxyl groups is 1. The molecule has 5 N–H and O–H groups in total. The number of fused-ring (bicyclic) bond motifs is 3. The van der Waals surface area contributed by atoms with Gasteiger partial charge in [-0.05, 0) is 87.8 Å². The Morgan fingerprint density at radius 3 is 2.41 bits per heavy atom. The van der Waals surface area contributed by atoms with Crippen molar-refractivity contribution in [2.75, 3.05) is 27.2 Å². The second-order valence-corrected chi connectivity index (χ2v) is 11.4. The molecule has 1 aromatic rings. The minimum Gasteiger partial charge on any atom is -0.511 e. The topological polar surface area (TPSA) is 144 Å². The average Bonchev–Trinajstić information content (AvgIpc) is 2.81. The molecular weight excluding hydrogens is 474 g/mol. The molecule has 0 radical (unpaired) electrons. The number of nitrogens with zero attached hydrogens (tertiary/aromatic N) is 2. The normalized spacial score (nSPS) is 28.9. The Kier molecular flexibility index (Phi) is 6.40. The molecule has 1 aliphatic heterocycles. The van der Waals surface area contributed by atoms with E-state index >= 15 is 0 Å². The fraction of sp³-hybridized carbons (Fsp3) is 0.536. The number of aliphatic hydroxyl groups is 2. The quantitative estimate of drug-likeness (QED) is 0.453. The van der Waals surface area contributed by atoms with Gasteiger partial charge >= 0.3 is 0 Å². The number of likely N-dealkylation sites (tertiary alicyclic amines) is 1. The largest absolute Gasteiger partial charge is 0.511 e. The van der Waals surface area contributed by atoms with Gasteiger partial charge in [0.15, 0.2) is 11.6 Å². The van der Waals surface area contributed by atoms with Crippen LogP contribution in [-0.2, 0) is 22.6 Å². The maximum atomic E-state index is 13.8. The number of benzene rings is 1. The van der Waals surface area contributed by atoms with Crippen LogP contribution in [0, 0.1) is 23.7 Å². The van der Waals surface area contributed by atoms with Crippen LogP contribution >= 0.6 is 0 Å². The van der Waals surface area contributed by atoms with Crippen LogP contribution < -0.4 is 5.73 Å². The van der Waals surface area contributed by atoms with Crippen LogP contribution in [0.1, 0.15) is 47.7 Å². The molecule has 1 saturated heterocycles. The van der Waals surface area contributed by atoms with E-state index in [-0.39, 0.29) is 34.3 Å². The van der Waals surface area contributed by atoms with E-state index in [1.165, 1.54) is 6.07 Å². The zero-order valence-electron chi connectivity index (χ0n) is 21.5. The van der Waals surface area contributed by atoms with E-state index in [0.29, 0.717) is 25.3 Å². The second kappa shape index (κ2) is 9.29. The summed E-state index contributed by atoms with van der Waals surface area (Å²) in [6.07, 6.45) is 3.03. The van der Waals surface area contributed by atoms with Crippen molar-refractivity contribution >= 4 is 17.5 Å². The molecule has 0 spiro atoms. The van der Waals surface area contributed by atoms with Gasteiger partial charge in [0.05, 0.1) is 17.5 Å². The molecule has 3 unspecified atom stereocenters. The number of phenolic OH excluding ortho intramolecular Hbond substituents is 1. The maximum Gasteiger partial charge on any atom is 0.255 e. The number of phenols is 1. The number of carbonyl (C=O) groups is 3. The van der Waals surface area contributed by atoms with Gasteiger partial charge in [0.25, 0.3) is 5.91 Å². The molecule has 9 heteroatoms. The Labute approximate surface area is 216 Å². The number of primary amides is 1. The molecule has 37 heavy (non-hydrogen) atoms. The number of aliphatic hydroxyl groups excluding tert-OH is 2. The van der Waals surface area contributed by atoms with Crippen LogP contribution in [0.15, 0.2) is 34.8 Å². The average molecular weight is 510 g/mol. The SMILES string of the molecule is CC1CCN(Cc2ccc(O)c3c2CC2CC4C(C(=O)C(C(N)=O)=C(O)[C@H]4N(C)C)C(O)=C2C3=O)CC1. The summed E-state index contributed by atoms with van der Waals surface area (Å²) in [6, 6.07) is 2.69. The molecule has 4 atom stereocenters. The van der Waals surface area contributed by atoms with E-state index in [4.69, 9.17) is 5.73 Å². The predicted octanol–water partition coefficient (Wildman–Crippen LogP) is 2.24. The van der Waals surface area contributed by atoms with Crippen molar-refractivity contribution in [2.45, 2.75) is 45.2 Å². The summed E-state index contributed by atoms with van der Waals surface area (Å²) < 4.78 is 0. The first-order chi connectivity index (χ1) is 17.5. The van der Waals surface area contributed by atoms with Gasteiger partial charge in [-0.25, -0.2) is 0 Å². The van der Waals surface area contributed by atoms with Crippen molar-refractivity contribution in [3.8, 4) is 5.75 Å². The van der Waals surface area contributed by atoms with Crippen molar-refractivity contribution in [3.63, 3.8) is 0 Å². The summed E-state index contributed by atoms with van der Waals surface area (Å²) in [5, 5.41) is 32.9. The molecule has 9 nitrogen and oxygen atoms in total. The van der Waals surface area contributed by atoms with Gasteiger partial charge in [0.2, 0.25) is 0 Å². The van der Waals surface area contributed by atoms with Crippen molar-refractivity contribution in [2.24, 2.45) is 29.4 Å². The standard InChI is InChI=1S/C28H35N3O6/c1-13-6-8-31(9-7-13)12-14-4-5-18(32)20-16(14)10-15-11-17-21(25(34)19(15)24(20)33)26(35)22(28(29)37)27(36)23(17)30(2)3/h4-5,13,15,17,21,23,32,34,36H,6-12H2,1-3H3,(H2,29,37)/t15?,17?,21?,23-/m0/s1. The first-order valence-corrected chi connectivity index (χ1v) is 13.0. The van der Waals surface area contributed by atoms with Gasteiger partial charge in [-0.15, -0.1) is 0 Å². The van der Waals surface area contributed by atoms with Crippen molar-refractivity contribution < 1.29 is 29.7 Å². The van der Waals surface area contributed by atoms with Gasteiger partial charge < -0.3 is 21.1 Å². The van der Waals surface area contributed by atoms with Crippen molar-refractivity contribution in [3.05, 3.63) is 51.5 Å². The van der Waals surface area contributed by atoms with E-state index < -0.39 is 40.9 Å². The summed E-state index contributed by atoms with van der Waals surface area (Å²) in [4.78, 5) is 43.2. The minimum atomic E-state index is -1.16. The van der Waals surface area contributed by atoms with E-state index in [1.54, 1.807) is 19.0 Å². The lowest BCUT2D eigenvalue weighted by molar-refractivity contribution is -0.127. The van der Waals surface area contributed by atoms with E-state index in [9.17, 15) is 29.7 Å². The molecule has 198 valence electrons. The summed E-state index contributed by atoms with van der Waals surface area (Å²) in [7, 11) is 3.44. The van der Waals surface area contributed by atoms with Crippen LogP contribution in [0.4, 0.5) is 0 Å². The summed E-state index contributed by atoms with van der Waals surface area (Å²) in [6.45, 7) is 4.89. The lowest BCUT2D eigenvalue weighted by Gasteiger charge is -2.46. The van der Waals surface area contributed by atoms with Crippen molar-refractivity contribution in [1.29, 1.82) is 0 Å². The second-order valence-electron chi connectivity index (χ2n) is 11.4. The highest BCUT2D eigenvalue weighted by Gasteiger charge is 2.54. The Bertz CT molecular complexity index is 1240. The molecular formula is C28H35N3O6. The number of Topliss-reactive ketones (excluding diaryl/α,β-unsaturated/α-hetero) is 2. The fourth-order valence-electron chi connectivity index (χ4n) is 6.94. The number of allylic oxidation sites excluding steroid dienone is 2. The molecule has 3 aliphatic carbocycles. The molecule has 1 fully saturated rings. The van der Waals surface area contributed by atoms with E-state index in [2.05, 4.69) is 11.8 Å². The van der Waals surface area contributed by atoms with Crippen molar-refractivity contribution in [1.82, 2.24) is 9.80 Å². The third kappa shape index (κ3) is 4.05. The minimum absolute atomic E-state index is 0.115. The highest BCUT2D eigenvalue weighted by atomic mass is 16.3. The van der Waals surface area contributed by atoms with Crippen LogP contribution in [0.25, 0.3) is 0 Å². The highest BCUT2D eigenvalue weighted by Crippen LogP contribution is 2.50. The number of rotatable bonds is 4. The summed E-state index contributed by atoms with van der Waals surface area (Å²) >= 11 is 0. The summed E-state index contributed by atoms with van der Waals surface area (Å²) in [5.41, 5.74) is 6.95. The van der Waals surface area contributed by atoms with E-state index in [1.807, 2.05) is 6.07 Å². The number of piperidine rings is 1. The number of ketones is 2. The van der Waals surface area contributed by atoms with Gasteiger partial charge in [-0.2, -0.15) is 0 Å². The maximum absolute atomic E-state index is 13.8. The monoisotopic (exact) mass is 509 g/mol. The number of amides is 1. The van der Waals surface area contributed by atoms with Crippen LogP contribution in [0.3, 0.4) is 0 Å². The van der Waals surface area contributed by atoms with Crippen LogP contribution in [-0.4, -0.2) is 75.8 Å². The molecule has 1 amide bonds. The third-order valence-corrected chi connectivity index (χ3v) is 8.82. The molecule has 0 saturated carbocycles. The Morgan fingerprint density at radius 2 is 1.78 bits per heavy atom. The molecule has 0 bridgehead atoms. The van der Waals surface area contributed by atoms with Gasteiger partial charge in [-0.3, -0.25) is 24.2 Å². The van der Waals surface area contributed by atoms with Gasteiger partial charge in [-0.1, -0.05) is 13.0 Å². The molecule has 5 rings (SSSR count). The predicted molar refractivity (Wildman–Crippen MR) is 136 cm³/mol. The van der Waals surface area contributed by atoms with Crippen LogP contribution in [0.2, 0.25) is 0 Å². The van der Waals surface area contributed by atoms with E-state index in [0.717, 1.165) is 37.1 Å². The number of nitrogens with two attached hydrogens (primary N) is 1. The number of hydrogen-bond donors (Lipinski definition) is 4.